The second-order valence-corrected chi connectivity index (χ2v) is 11.3. The number of nitrogens with one attached hydrogen (secondary N) is 2. The van der Waals surface area contributed by atoms with Gasteiger partial charge in [-0.15, -0.1) is 0 Å². The van der Waals surface area contributed by atoms with Crippen molar-refractivity contribution in [1.82, 2.24) is 9.71 Å². The molecule has 182 valence electrons. The molecule has 1 aromatic carbocycles. The van der Waals surface area contributed by atoms with Gasteiger partial charge in [-0.05, 0) is 93.3 Å². The summed E-state index contributed by atoms with van der Waals surface area (Å²) in [5.74, 6) is 0.607. The Morgan fingerprint density at radius 3 is 2.53 bits per heavy atom. The molecule has 1 aliphatic carbocycles. The van der Waals surface area contributed by atoms with E-state index >= 15 is 0 Å². The number of aromatic nitrogens is 1. The first-order valence-corrected chi connectivity index (χ1v) is 13.3. The van der Waals surface area contributed by atoms with Gasteiger partial charge < -0.3 is 10.2 Å². The van der Waals surface area contributed by atoms with Crippen LogP contribution in [0.1, 0.15) is 50.7 Å². The number of pyridine rings is 1. The Labute approximate surface area is 201 Å². The normalized spacial score (nSPS) is 22.3. The molecule has 0 radical (unpaired) electrons. The number of anilines is 2. The number of rotatable bonds is 6. The summed E-state index contributed by atoms with van der Waals surface area (Å²) in [6, 6.07) is 8.71. The standard InChI is InChI=1S/C25H32N4O4S/c1-16-10-11-26-24(12-16)28-25(31)20-6-4-19(5-7-20)15-27-34(32,33)22-8-9-23-21(14-22)13-17(2)29(23)18(3)30/h8-12,14,17,19-20,27H,4-7,13,15H2,1-3H3,(H,26,28,31)/t17-,19?,20?/m1/s1. The first-order chi connectivity index (χ1) is 16.1. The van der Waals surface area contributed by atoms with Gasteiger partial charge in [0.1, 0.15) is 5.82 Å². The number of fused-ring (bicyclic) bond motifs is 1. The monoisotopic (exact) mass is 484 g/mol. The Bertz CT molecular complexity index is 1190. The topological polar surface area (TPSA) is 108 Å². The third-order valence-corrected chi connectivity index (χ3v) is 8.28. The van der Waals surface area contributed by atoms with Crippen LogP contribution in [-0.2, 0) is 26.0 Å². The van der Waals surface area contributed by atoms with Crippen LogP contribution in [0.3, 0.4) is 0 Å². The zero-order chi connectivity index (χ0) is 24.5. The number of hydrogen-bond acceptors (Lipinski definition) is 5. The minimum absolute atomic E-state index is 0.0208. The molecule has 1 aliphatic heterocycles. The number of aryl methyl sites for hydroxylation is 1. The van der Waals surface area contributed by atoms with Crippen molar-refractivity contribution in [2.45, 2.75) is 63.8 Å². The van der Waals surface area contributed by atoms with E-state index in [1.54, 1.807) is 29.3 Å². The second-order valence-electron chi connectivity index (χ2n) is 9.51. The number of amides is 2. The molecule has 34 heavy (non-hydrogen) atoms. The van der Waals surface area contributed by atoms with Crippen LogP contribution in [0.25, 0.3) is 0 Å². The van der Waals surface area contributed by atoms with Crippen molar-refractivity contribution in [2.75, 3.05) is 16.8 Å². The number of hydrogen-bond donors (Lipinski definition) is 2. The lowest BCUT2D eigenvalue weighted by atomic mass is 9.81. The minimum atomic E-state index is -3.65. The molecule has 9 heteroatoms. The highest BCUT2D eigenvalue weighted by molar-refractivity contribution is 7.89. The van der Waals surface area contributed by atoms with Crippen molar-refractivity contribution in [2.24, 2.45) is 11.8 Å². The fourth-order valence-corrected chi connectivity index (χ4v) is 6.19. The molecule has 0 unspecified atom stereocenters. The van der Waals surface area contributed by atoms with Gasteiger partial charge in [0, 0.05) is 37.3 Å². The summed E-state index contributed by atoms with van der Waals surface area (Å²) in [6.45, 7) is 5.79. The second kappa shape index (κ2) is 9.84. The van der Waals surface area contributed by atoms with Crippen molar-refractivity contribution in [3.63, 3.8) is 0 Å². The predicted molar refractivity (Wildman–Crippen MR) is 131 cm³/mol. The van der Waals surface area contributed by atoms with Crippen molar-refractivity contribution >= 4 is 33.3 Å². The van der Waals surface area contributed by atoms with Gasteiger partial charge in [-0.25, -0.2) is 18.1 Å². The third-order valence-electron chi connectivity index (χ3n) is 6.86. The van der Waals surface area contributed by atoms with Crippen molar-refractivity contribution in [1.29, 1.82) is 0 Å². The fourth-order valence-electron chi connectivity index (χ4n) is 5.03. The van der Waals surface area contributed by atoms with Crippen LogP contribution in [0, 0.1) is 18.8 Å². The van der Waals surface area contributed by atoms with E-state index in [-0.39, 0.29) is 34.6 Å². The zero-order valence-corrected chi connectivity index (χ0v) is 20.7. The maximum absolute atomic E-state index is 12.9. The Balaban J connectivity index is 1.30. The maximum atomic E-state index is 12.9. The van der Waals surface area contributed by atoms with Gasteiger partial charge in [0.05, 0.1) is 4.90 Å². The summed E-state index contributed by atoms with van der Waals surface area (Å²) in [6.07, 6.45) is 5.34. The van der Waals surface area contributed by atoms with Gasteiger partial charge in [-0.2, -0.15) is 0 Å². The van der Waals surface area contributed by atoms with E-state index in [2.05, 4.69) is 15.0 Å². The van der Waals surface area contributed by atoms with Crippen molar-refractivity contribution in [3.8, 4) is 0 Å². The Kier molecular flexibility index (Phi) is 7.04. The molecular weight excluding hydrogens is 452 g/mol. The minimum Gasteiger partial charge on any atom is -0.310 e. The summed E-state index contributed by atoms with van der Waals surface area (Å²) in [4.78, 5) is 30.6. The van der Waals surface area contributed by atoms with Crippen LogP contribution in [0.2, 0.25) is 0 Å². The zero-order valence-electron chi connectivity index (χ0n) is 19.9. The van der Waals surface area contributed by atoms with Crippen LogP contribution < -0.4 is 14.9 Å². The van der Waals surface area contributed by atoms with E-state index < -0.39 is 10.0 Å². The van der Waals surface area contributed by atoms with E-state index in [1.807, 2.05) is 26.0 Å². The average molecular weight is 485 g/mol. The van der Waals surface area contributed by atoms with Crippen LogP contribution >= 0.6 is 0 Å². The third kappa shape index (κ3) is 5.31. The van der Waals surface area contributed by atoms with E-state index in [4.69, 9.17) is 0 Å². The average Bonchev–Trinajstić information content (AvgIpc) is 3.13. The maximum Gasteiger partial charge on any atom is 0.240 e. The smallest absolute Gasteiger partial charge is 0.240 e. The highest BCUT2D eigenvalue weighted by Gasteiger charge is 2.31. The molecule has 8 nitrogen and oxygen atoms in total. The molecule has 1 aromatic heterocycles. The first-order valence-electron chi connectivity index (χ1n) is 11.8. The molecule has 1 atom stereocenters. The Morgan fingerprint density at radius 1 is 1.12 bits per heavy atom. The summed E-state index contributed by atoms with van der Waals surface area (Å²) in [5, 5.41) is 2.89. The SMILES string of the molecule is CC(=O)N1c2ccc(S(=O)(=O)NCC3CCC(C(=O)Nc4cc(C)ccn4)CC3)cc2C[C@H]1C. The van der Waals surface area contributed by atoms with Crippen molar-refractivity contribution in [3.05, 3.63) is 47.7 Å². The summed E-state index contributed by atoms with van der Waals surface area (Å²) in [7, 11) is -3.65. The fraction of sp³-hybridized carbons (Fsp3) is 0.480. The molecule has 1 saturated carbocycles. The Morgan fingerprint density at radius 2 is 1.85 bits per heavy atom. The van der Waals surface area contributed by atoms with Gasteiger partial charge in [0.15, 0.2) is 0 Å². The summed E-state index contributed by atoms with van der Waals surface area (Å²) >= 11 is 0. The van der Waals surface area contributed by atoms with Gasteiger partial charge >= 0.3 is 0 Å². The number of nitrogens with zero attached hydrogens (tertiary/aromatic N) is 2. The predicted octanol–water partition coefficient (Wildman–Crippen LogP) is 3.41. The molecule has 2 aliphatic rings. The number of carbonyl (C=O) groups excluding carboxylic acids is 2. The quantitative estimate of drug-likeness (QED) is 0.653. The van der Waals surface area contributed by atoms with E-state index in [9.17, 15) is 18.0 Å². The highest BCUT2D eigenvalue weighted by Crippen LogP contribution is 2.34. The lowest BCUT2D eigenvalue weighted by Crippen LogP contribution is -2.34. The van der Waals surface area contributed by atoms with E-state index in [1.165, 1.54) is 6.92 Å². The highest BCUT2D eigenvalue weighted by atomic mass is 32.2. The van der Waals surface area contributed by atoms with Crippen molar-refractivity contribution < 1.29 is 18.0 Å². The molecule has 2 N–H and O–H groups in total. The lowest BCUT2D eigenvalue weighted by Gasteiger charge is -2.27. The molecule has 2 heterocycles. The summed E-state index contributed by atoms with van der Waals surface area (Å²) < 4.78 is 28.6. The number of benzene rings is 1. The van der Waals surface area contributed by atoms with Gasteiger partial charge in [-0.1, -0.05) is 0 Å². The number of sulfonamides is 1. The Hall–Kier alpha value is -2.78. The van der Waals surface area contributed by atoms with Crippen LogP contribution in [0.4, 0.5) is 11.5 Å². The molecular formula is C25H32N4O4S. The van der Waals surface area contributed by atoms with E-state index in [0.717, 1.165) is 42.5 Å². The van der Waals surface area contributed by atoms with Crippen LogP contribution in [0.15, 0.2) is 41.4 Å². The molecule has 4 rings (SSSR count). The molecule has 2 aromatic rings. The molecule has 1 fully saturated rings. The molecule has 0 bridgehead atoms. The largest absolute Gasteiger partial charge is 0.310 e. The molecule has 2 amide bonds. The van der Waals surface area contributed by atoms with Gasteiger partial charge in [-0.3, -0.25) is 9.59 Å². The lowest BCUT2D eigenvalue weighted by molar-refractivity contribution is -0.121. The van der Waals surface area contributed by atoms with Gasteiger partial charge in [0.25, 0.3) is 0 Å². The molecule has 0 spiro atoms. The summed E-state index contributed by atoms with van der Waals surface area (Å²) in [5.41, 5.74) is 2.70. The number of carbonyl (C=O) groups is 2. The van der Waals surface area contributed by atoms with Gasteiger partial charge in [0.2, 0.25) is 21.8 Å². The van der Waals surface area contributed by atoms with E-state index in [0.29, 0.717) is 18.8 Å². The first kappa shape index (κ1) is 24.3. The van der Waals surface area contributed by atoms with Crippen LogP contribution in [0.5, 0.6) is 0 Å². The van der Waals surface area contributed by atoms with Crippen LogP contribution in [-0.4, -0.2) is 37.8 Å². The molecule has 0 saturated heterocycles.